The lowest BCUT2D eigenvalue weighted by molar-refractivity contribution is 0.430. The molecule has 19 heavy (non-hydrogen) atoms. The topological polar surface area (TPSA) is 25.2 Å². The van der Waals surface area contributed by atoms with Gasteiger partial charge in [-0.05, 0) is 50.1 Å². The second kappa shape index (κ2) is 6.53. The van der Waals surface area contributed by atoms with Crippen LogP contribution in [0.2, 0.25) is 0 Å². The summed E-state index contributed by atoms with van der Waals surface area (Å²) in [5.41, 5.74) is 0.977. The average Bonchev–Trinajstić information content (AvgIpc) is 2.89. The maximum absolute atomic E-state index is 13.2. The molecule has 2 atom stereocenters. The fraction of sp³-hybridized carbons (Fsp3) is 0.375. The molecule has 0 fully saturated rings. The van der Waals surface area contributed by atoms with Gasteiger partial charge in [0.25, 0.3) is 0 Å². The van der Waals surface area contributed by atoms with Crippen molar-refractivity contribution in [3.05, 3.63) is 59.8 Å². The number of rotatable bonds is 6. The predicted octanol–water partition coefficient (Wildman–Crippen LogP) is 4.09. The van der Waals surface area contributed by atoms with Crippen LogP contribution in [0.25, 0.3) is 0 Å². The summed E-state index contributed by atoms with van der Waals surface area (Å²) in [5.74, 6) is 0.821. The molecule has 0 amide bonds. The van der Waals surface area contributed by atoms with Crippen LogP contribution in [0.15, 0.2) is 47.1 Å². The van der Waals surface area contributed by atoms with Gasteiger partial charge in [-0.2, -0.15) is 0 Å². The first kappa shape index (κ1) is 13.8. The van der Waals surface area contributed by atoms with Gasteiger partial charge < -0.3 is 9.73 Å². The third-order valence-electron chi connectivity index (χ3n) is 3.29. The molecule has 2 rings (SSSR count). The van der Waals surface area contributed by atoms with Gasteiger partial charge in [0, 0.05) is 18.5 Å². The summed E-state index contributed by atoms with van der Waals surface area (Å²) in [4.78, 5) is 0. The van der Waals surface area contributed by atoms with Gasteiger partial charge in [-0.1, -0.05) is 12.1 Å². The zero-order valence-corrected chi connectivity index (χ0v) is 11.4. The van der Waals surface area contributed by atoms with Crippen LogP contribution < -0.4 is 5.32 Å². The molecule has 1 aromatic carbocycles. The van der Waals surface area contributed by atoms with Gasteiger partial charge >= 0.3 is 0 Å². The van der Waals surface area contributed by atoms with Crippen molar-refractivity contribution in [3.8, 4) is 0 Å². The molecule has 1 N–H and O–H groups in total. The standard InChI is InChI=1S/C16H20FNO/c1-12(8-9-16-7-4-10-19-16)18-13(2)14-5-3-6-15(17)11-14/h3-7,10-13,18H,8-9H2,1-2H3. The Hall–Kier alpha value is -1.61. The Morgan fingerprint density at radius 1 is 1.21 bits per heavy atom. The Bertz CT molecular complexity index is 495. The summed E-state index contributed by atoms with van der Waals surface area (Å²) < 4.78 is 18.5. The molecule has 2 unspecified atom stereocenters. The van der Waals surface area contributed by atoms with E-state index in [4.69, 9.17) is 4.42 Å². The summed E-state index contributed by atoms with van der Waals surface area (Å²) in [7, 11) is 0. The van der Waals surface area contributed by atoms with Gasteiger partial charge in [-0.25, -0.2) is 4.39 Å². The average molecular weight is 261 g/mol. The van der Waals surface area contributed by atoms with Crippen LogP contribution >= 0.6 is 0 Å². The third kappa shape index (κ3) is 4.21. The van der Waals surface area contributed by atoms with E-state index in [9.17, 15) is 4.39 Å². The molecule has 0 aliphatic heterocycles. The molecule has 0 bridgehead atoms. The molecular weight excluding hydrogens is 241 g/mol. The highest BCUT2D eigenvalue weighted by molar-refractivity contribution is 5.19. The van der Waals surface area contributed by atoms with Crippen LogP contribution in [0.4, 0.5) is 4.39 Å². The molecule has 0 aliphatic carbocycles. The van der Waals surface area contributed by atoms with Crippen molar-refractivity contribution in [2.24, 2.45) is 0 Å². The number of benzene rings is 1. The van der Waals surface area contributed by atoms with E-state index in [1.54, 1.807) is 18.4 Å². The van der Waals surface area contributed by atoms with E-state index in [1.807, 2.05) is 18.2 Å². The molecule has 0 radical (unpaired) electrons. The van der Waals surface area contributed by atoms with Crippen molar-refractivity contribution in [2.75, 3.05) is 0 Å². The molecule has 1 heterocycles. The van der Waals surface area contributed by atoms with Crippen molar-refractivity contribution >= 4 is 0 Å². The van der Waals surface area contributed by atoms with Crippen molar-refractivity contribution in [3.63, 3.8) is 0 Å². The minimum atomic E-state index is -0.186. The van der Waals surface area contributed by atoms with E-state index in [2.05, 4.69) is 19.2 Å². The fourth-order valence-electron chi connectivity index (χ4n) is 2.20. The van der Waals surface area contributed by atoms with Crippen LogP contribution in [0.1, 0.15) is 37.6 Å². The molecule has 2 nitrogen and oxygen atoms in total. The molecule has 2 aromatic rings. The largest absolute Gasteiger partial charge is 0.469 e. The van der Waals surface area contributed by atoms with E-state index in [0.29, 0.717) is 6.04 Å². The van der Waals surface area contributed by atoms with E-state index in [-0.39, 0.29) is 11.9 Å². The number of aryl methyl sites for hydroxylation is 1. The second-order valence-corrected chi connectivity index (χ2v) is 4.96. The number of nitrogens with one attached hydrogen (secondary N) is 1. The van der Waals surface area contributed by atoms with Gasteiger partial charge in [0.2, 0.25) is 0 Å². The third-order valence-corrected chi connectivity index (χ3v) is 3.29. The molecule has 0 spiro atoms. The van der Waals surface area contributed by atoms with Crippen molar-refractivity contribution < 1.29 is 8.81 Å². The number of hydrogen-bond acceptors (Lipinski definition) is 2. The minimum absolute atomic E-state index is 0.141. The lowest BCUT2D eigenvalue weighted by Gasteiger charge is -2.20. The molecule has 0 saturated carbocycles. The van der Waals surface area contributed by atoms with Crippen LogP contribution in [0.5, 0.6) is 0 Å². The number of halogens is 1. The molecule has 0 saturated heterocycles. The number of furan rings is 1. The molecule has 0 aliphatic rings. The Morgan fingerprint density at radius 3 is 2.74 bits per heavy atom. The van der Waals surface area contributed by atoms with Crippen LogP contribution in [0.3, 0.4) is 0 Å². The second-order valence-electron chi connectivity index (χ2n) is 4.96. The highest BCUT2D eigenvalue weighted by Crippen LogP contribution is 2.15. The minimum Gasteiger partial charge on any atom is -0.469 e. The SMILES string of the molecule is CC(CCc1ccco1)NC(C)c1cccc(F)c1. The zero-order valence-electron chi connectivity index (χ0n) is 11.4. The van der Waals surface area contributed by atoms with E-state index < -0.39 is 0 Å². The van der Waals surface area contributed by atoms with Gasteiger partial charge in [-0.3, -0.25) is 0 Å². The fourth-order valence-corrected chi connectivity index (χ4v) is 2.20. The van der Waals surface area contributed by atoms with E-state index in [0.717, 1.165) is 24.2 Å². The predicted molar refractivity (Wildman–Crippen MR) is 74.4 cm³/mol. The zero-order chi connectivity index (χ0) is 13.7. The maximum atomic E-state index is 13.2. The highest BCUT2D eigenvalue weighted by atomic mass is 19.1. The first-order valence-corrected chi connectivity index (χ1v) is 6.69. The maximum Gasteiger partial charge on any atom is 0.123 e. The van der Waals surface area contributed by atoms with Crippen molar-refractivity contribution in [2.45, 2.75) is 38.8 Å². The summed E-state index contributed by atoms with van der Waals surface area (Å²) in [6.45, 7) is 4.19. The smallest absolute Gasteiger partial charge is 0.123 e. The first-order valence-electron chi connectivity index (χ1n) is 6.69. The van der Waals surface area contributed by atoms with Gasteiger partial charge in [0.05, 0.1) is 6.26 Å². The quantitative estimate of drug-likeness (QED) is 0.847. The summed E-state index contributed by atoms with van der Waals surface area (Å²) in [6.07, 6.45) is 3.60. The van der Waals surface area contributed by atoms with Gasteiger partial charge in [-0.15, -0.1) is 0 Å². The van der Waals surface area contributed by atoms with Crippen molar-refractivity contribution in [1.29, 1.82) is 0 Å². The molecule has 3 heteroatoms. The molecular formula is C16H20FNO. The number of hydrogen-bond donors (Lipinski definition) is 1. The van der Waals surface area contributed by atoms with Gasteiger partial charge in [0.1, 0.15) is 11.6 Å². The highest BCUT2D eigenvalue weighted by Gasteiger charge is 2.10. The van der Waals surface area contributed by atoms with Crippen LogP contribution in [-0.2, 0) is 6.42 Å². The van der Waals surface area contributed by atoms with E-state index >= 15 is 0 Å². The lowest BCUT2D eigenvalue weighted by atomic mass is 10.1. The Balaban J connectivity index is 1.83. The Morgan fingerprint density at radius 2 is 2.05 bits per heavy atom. The monoisotopic (exact) mass is 261 g/mol. The van der Waals surface area contributed by atoms with Crippen LogP contribution in [0, 0.1) is 5.82 Å². The van der Waals surface area contributed by atoms with Crippen LogP contribution in [-0.4, -0.2) is 6.04 Å². The summed E-state index contributed by atoms with van der Waals surface area (Å²) in [5, 5.41) is 3.48. The van der Waals surface area contributed by atoms with Crippen molar-refractivity contribution in [1.82, 2.24) is 5.32 Å². The van der Waals surface area contributed by atoms with E-state index in [1.165, 1.54) is 6.07 Å². The molecule has 102 valence electrons. The Labute approximate surface area is 113 Å². The summed E-state index contributed by atoms with van der Waals surface area (Å²) in [6, 6.07) is 11.1. The van der Waals surface area contributed by atoms with Gasteiger partial charge in [0.15, 0.2) is 0 Å². The first-order chi connectivity index (χ1) is 9.15. The Kier molecular flexibility index (Phi) is 4.74. The molecule has 1 aromatic heterocycles. The normalized spacial score (nSPS) is 14.3. The lowest BCUT2D eigenvalue weighted by Crippen LogP contribution is -2.29. The summed E-state index contributed by atoms with van der Waals surface area (Å²) >= 11 is 0.